The van der Waals surface area contributed by atoms with E-state index in [1.165, 1.54) is 0 Å². The number of hydrogen-bond acceptors (Lipinski definition) is 3. The van der Waals surface area contributed by atoms with Crippen LogP contribution in [0.3, 0.4) is 0 Å². The minimum atomic E-state index is -0.0566. The molecule has 4 nitrogen and oxygen atoms in total. The molecule has 1 N–H and O–H groups in total. The monoisotopic (exact) mass is 225 g/mol. The Bertz CT molecular complexity index is 911. The number of rotatable bonds is 0. The number of H-pyrrole nitrogens is 1. The van der Waals surface area contributed by atoms with Crippen molar-refractivity contribution in [3.8, 4) is 0 Å². The fourth-order valence-corrected chi connectivity index (χ4v) is 2.25. The normalized spacial score (nSPS) is 11.8. The number of nitrogens with one attached hydrogen (secondary N) is 1. The van der Waals surface area contributed by atoms with Crippen LogP contribution in [-0.2, 0) is 0 Å². The van der Waals surface area contributed by atoms with Gasteiger partial charge in [-0.05, 0) is 29.0 Å². The van der Waals surface area contributed by atoms with E-state index < -0.39 is 0 Å². The highest BCUT2D eigenvalue weighted by molar-refractivity contribution is 6.10. The quantitative estimate of drug-likeness (QED) is 0.468. The van der Waals surface area contributed by atoms with Gasteiger partial charge in [-0.25, -0.2) is 0 Å². The molecule has 82 valence electrons. The second-order valence-electron chi connectivity index (χ2n) is 4.05. The van der Waals surface area contributed by atoms with Gasteiger partial charge in [0.05, 0.1) is 5.39 Å². The minimum Gasteiger partial charge on any atom is -0.328 e. The molecule has 0 saturated heterocycles. The summed E-state index contributed by atoms with van der Waals surface area (Å²) in [5, 5.41) is 4.54. The zero-order valence-corrected chi connectivity index (χ0v) is 8.69. The van der Waals surface area contributed by atoms with Gasteiger partial charge in [0.15, 0.2) is 11.8 Å². The molecule has 2 aromatic carbocycles. The molecule has 4 aromatic rings. The van der Waals surface area contributed by atoms with Crippen molar-refractivity contribution in [1.82, 2.24) is 4.98 Å². The maximum absolute atomic E-state index is 11.5. The van der Waals surface area contributed by atoms with Gasteiger partial charge in [0, 0.05) is 17.0 Å². The summed E-state index contributed by atoms with van der Waals surface area (Å²) in [5.74, 6) is 0. The lowest BCUT2D eigenvalue weighted by molar-refractivity contribution is 0.0792. The van der Waals surface area contributed by atoms with Gasteiger partial charge < -0.3 is 4.98 Å². The molecule has 4 rings (SSSR count). The van der Waals surface area contributed by atoms with Crippen LogP contribution in [0.2, 0.25) is 0 Å². The van der Waals surface area contributed by atoms with Crippen molar-refractivity contribution in [1.29, 1.82) is 0 Å². The zero-order chi connectivity index (χ0) is 11.4. The molecule has 0 atom stereocenters. The van der Waals surface area contributed by atoms with E-state index in [0.29, 0.717) is 11.0 Å². The fraction of sp³-hybridized carbons (Fsp3) is 0. The van der Waals surface area contributed by atoms with Crippen LogP contribution in [-0.4, -0.2) is 4.98 Å². The summed E-state index contributed by atoms with van der Waals surface area (Å²) in [6.07, 6.45) is 3.29. The van der Waals surface area contributed by atoms with Gasteiger partial charge >= 0.3 is 0 Å². The second-order valence-corrected chi connectivity index (χ2v) is 4.05. The summed E-state index contributed by atoms with van der Waals surface area (Å²) >= 11 is 0. The van der Waals surface area contributed by atoms with Crippen LogP contribution >= 0.6 is 0 Å². The summed E-state index contributed by atoms with van der Waals surface area (Å²) in [6, 6.07) is 7.61. The third-order valence-electron chi connectivity index (χ3n) is 3.10. The molecule has 0 saturated carbocycles. The van der Waals surface area contributed by atoms with Crippen LogP contribution in [0.5, 0.6) is 0 Å². The fourth-order valence-electron chi connectivity index (χ4n) is 2.25. The number of fused-ring (bicyclic) bond motifs is 4. The van der Waals surface area contributed by atoms with Gasteiger partial charge in [0.1, 0.15) is 0 Å². The topological polar surface area (TPSA) is 59.1 Å². The van der Waals surface area contributed by atoms with E-state index in [0.717, 1.165) is 21.5 Å². The van der Waals surface area contributed by atoms with Crippen molar-refractivity contribution in [2.45, 2.75) is 0 Å². The first-order valence-corrected chi connectivity index (χ1v) is 5.24. The summed E-state index contributed by atoms with van der Waals surface area (Å²) in [7, 11) is 0. The van der Waals surface area contributed by atoms with Crippen LogP contribution in [0.15, 0.2) is 50.7 Å². The molecular weight excluding hydrogens is 218 g/mol. The predicted octanol–water partition coefficient (Wildman–Crippen LogP) is 3.02. The molecule has 0 radical (unpaired) electrons. The molecule has 2 heterocycles. The van der Waals surface area contributed by atoms with E-state index in [1.807, 2.05) is 24.3 Å². The number of aromatic amines is 1. The summed E-state index contributed by atoms with van der Waals surface area (Å²) in [4.78, 5) is 14.2. The van der Waals surface area contributed by atoms with E-state index in [2.05, 4.69) is 4.98 Å². The average Bonchev–Trinajstić information content (AvgIpc) is 2.94. The molecule has 4 heteroatoms. The molecule has 0 bridgehead atoms. The second kappa shape index (κ2) is 2.79. The van der Waals surface area contributed by atoms with Crippen molar-refractivity contribution in [2.24, 2.45) is 0 Å². The van der Waals surface area contributed by atoms with Crippen LogP contribution < -0.4 is 5.56 Å². The molecule has 0 spiro atoms. The number of benzene rings is 2. The van der Waals surface area contributed by atoms with Crippen molar-refractivity contribution in [3.05, 3.63) is 47.1 Å². The Morgan fingerprint density at radius 1 is 1.00 bits per heavy atom. The molecule has 0 aliphatic heterocycles. The van der Waals surface area contributed by atoms with Gasteiger partial charge in [-0.3, -0.25) is 13.9 Å². The molecule has 0 aliphatic rings. The lowest BCUT2D eigenvalue weighted by Gasteiger charge is -1.97. The predicted molar refractivity (Wildman–Crippen MR) is 64.1 cm³/mol. The summed E-state index contributed by atoms with van der Waals surface area (Å²) < 4.78 is 9.84. The van der Waals surface area contributed by atoms with Gasteiger partial charge in [-0.1, -0.05) is 6.07 Å². The van der Waals surface area contributed by atoms with E-state index in [1.54, 1.807) is 12.5 Å². The molecular formula is C13H7NO3. The van der Waals surface area contributed by atoms with Gasteiger partial charge in [0.25, 0.3) is 5.56 Å². The van der Waals surface area contributed by atoms with E-state index in [-0.39, 0.29) is 5.56 Å². The van der Waals surface area contributed by atoms with Crippen LogP contribution in [0.1, 0.15) is 0 Å². The Hall–Kier alpha value is -2.49. The van der Waals surface area contributed by atoms with E-state index in [9.17, 15) is 4.79 Å². The number of hydrogen-bond donors (Lipinski definition) is 1. The molecule has 0 amide bonds. The highest BCUT2D eigenvalue weighted by Crippen LogP contribution is 2.28. The molecule has 0 aliphatic carbocycles. The first kappa shape index (κ1) is 8.64. The Labute approximate surface area is 94.4 Å². The standard InChI is InChI=1S/C13H7NO3/c15-13-10-3-7-1-2-12-11(6-16-17-12)9(7)4-8(10)5-14-13/h1-6H,(H,14,15). The molecule has 0 unspecified atom stereocenters. The van der Waals surface area contributed by atoms with E-state index in [4.69, 9.17) is 9.15 Å². The third-order valence-corrected chi connectivity index (χ3v) is 3.10. The van der Waals surface area contributed by atoms with Crippen LogP contribution in [0, 0.1) is 0 Å². The molecule has 17 heavy (non-hydrogen) atoms. The zero-order valence-electron chi connectivity index (χ0n) is 8.69. The highest BCUT2D eigenvalue weighted by Gasteiger charge is 2.08. The van der Waals surface area contributed by atoms with Gasteiger partial charge in [0.2, 0.25) is 0 Å². The lowest BCUT2D eigenvalue weighted by Crippen LogP contribution is -1.96. The molecule has 0 fully saturated rings. The average molecular weight is 225 g/mol. The Morgan fingerprint density at radius 2 is 1.88 bits per heavy atom. The summed E-state index contributed by atoms with van der Waals surface area (Å²) in [6.45, 7) is 0. The van der Waals surface area contributed by atoms with E-state index >= 15 is 0 Å². The maximum atomic E-state index is 11.5. The SMILES string of the molecule is O=c1[nH]cc2cc3c(ccc4oocc43)cc12. The number of aromatic nitrogens is 1. The van der Waals surface area contributed by atoms with Gasteiger partial charge in [-0.15, -0.1) is 0 Å². The first-order chi connectivity index (χ1) is 8.33. The highest BCUT2D eigenvalue weighted by atomic mass is 17.0. The largest absolute Gasteiger partial charge is 0.328 e. The Morgan fingerprint density at radius 3 is 2.82 bits per heavy atom. The van der Waals surface area contributed by atoms with Gasteiger partial charge in [-0.2, -0.15) is 0 Å². The van der Waals surface area contributed by atoms with Crippen molar-refractivity contribution in [2.75, 3.05) is 0 Å². The smallest absolute Gasteiger partial charge is 0.255 e. The molecule has 2 aromatic heterocycles. The third kappa shape index (κ3) is 1.04. The lowest BCUT2D eigenvalue weighted by atomic mass is 10.0. The maximum Gasteiger partial charge on any atom is 0.255 e. The summed E-state index contributed by atoms with van der Waals surface area (Å²) in [5.41, 5.74) is 0.647. The first-order valence-electron chi connectivity index (χ1n) is 5.24. The van der Waals surface area contributed by atoms with Crippen molar-refractivity contribution < 1.29 is 9.15 Å². The Kier molecular flexibility index (Phi) is 1.42. The minimum absolute atomic E-state index is 0.0566. The van der Waals surface area contributed by atoms with Crippen molar-refractivity contribution in [3.63, 3.8) is 0 Å². The van der Waals surface area contributed by atoms with Crippen LogP contribution in [0.4, 0.5) is 0 Å². The Balaban J connectivity index is 2.34. The van der Waals surface area contributed by atoms with Crippen molar-refractivity contribution >= 4 is 32.5 Å². The van der Waals surface area contributed by atoms with Crippen LogP contribution in [0.25, 0.3) is 32.5 Å².